The van der Waals surface area contributed by atoms with Crippen molar-refractivity contribution in [2.24, 2.45) is 0 Å². The number of aryl methyl sites for hydroxylation is 1. The van der Waals surface area contributed by atoms with Crippen LogP contribution in [0.3, 0.4) is 0 Å². The summed E-state index contributed by atoms with van der Waals surface area (Å²) in [6.07, 6.45) is 0.979. The second kappa shape index (κ2) is 12.3. The Morgan fingerprint density at radius 3 is 2.36 bits per heavy atom. The first-order chi connectivity index (χ1) is 17.5. The highest BCUT2D eigenvalue weighted by Gasteiger charge is 2.22. The first kappa shape index (κ1) is 25.3. The molecule has 0 saturated heterocycles. The zero-order valence-electron chi connectivity index (χ0n) is 19.8. The molecule has 36 heavy (non-hydrogen) atoms. The number of H-pyrrole nitrogens is 1. The summed E-state index contributed by atoms with van der Waals surface area (Å²) in [7, 11) is 0. The van der Waals surface area contributed by atoms with Crippen LogP contribution in [0.25, 0.3) is 10.9 Å². The molecule has 0 aliphatic carbocycles. The van der Waals surface area contributed by atoms with Crippen molar-refractivity contribution in [3.63, 3.8) is 0 Å². The Balaban J connectivity index is 1.48. The van der Waals surface area contributed by atoms with Crippen LogP contribution in [-0.4, -0.2) is 60.0 Å². The molecule has 0 spiro atoms. The topological polar surface area (TPSA) is 132 Å². The van der Waals surface area contributed by atoms with Crippen LogP contribution < -0.4 is 21.3 Å². The lowest BCUT2D eigenvalue weighted by Gasteiger charge is -2.19. The lowest BCUT2D eigenvalue weighted by atomic mass is 10.1. The van der Waals surface area contributed by atoms with Crippen molar-refractivity contribution in [2.75, 3.05) is 25.4 Å². The smallest absolute Gasteiger partial charge is 0.243 e. The van der Waals surface area contributed by atoms with Gasteiger partial charge in [-0.3, -0.25) is 19.2 Å². The van der Waals surface area contributed by atoms with Crippen LogP contribution in [0.4, 0.5) is 0 Å². The van der Waals surface area contributed by atoms with E-state index >= 15 is 0 Å². The second-order valence-electron chi connectivity index (χ2n) is 8.48. The number of fused-ring (bicyclic) bond motifs is 3. The van der Waals surface area contributed by atoms with Gasteiger partial charge in [0.1, 0.15) is 6.04 Å². The highest BCUT2D eigenvalue weighted by molar-refractivity contribution is 7.99. The van der Waals surface area contributed by atoms with Crippen molar-refractivity contribution in [3.8, 4) is 0 Å². The van der Waals surface area contributed by atoms with Gasteiger partial charge in [0, 0.05) is 36.0 Å². The third kappa shape index (κ3) is 6.88. The van der Waals surface area contributed by atoms with E-state index in [1.165, 1.54) is 0 Å². The molecule has 0 fully saturated rings. The highest BCUT2D eigenvalue weighted by Crippen LogP contribution is 2.30. The van der Waals surface area contributed by atoms with Gasteiger partial charge in [0.15, 0.2) is 0 Å². The third-order valence-corrected chi connectivity index (χ3v) is 6.90. The quantitative estimate of drug-likeness (QED) is 0.357. The third-order valence-electron chi connectivity index (χ3n) is 5.85. The first-order valence-electron chi connectivity index (χ1n) is 11.9. The summed E-state index contributed by atoms with van der Waals surface area (Å²) >= 11 is 1.57. The summed E-state index contributed by atoms with van der Waals surface area (Å²) in [6, 6.07) is 16.3. The fourth-order valence-corrected chi connectivity index (χ4v) is 5.03. The fraction of sp³-hybridized carbons (Fsp3) is 0.308. The van der Waals surface area contributed by atoms with Crippen molar-refractivity contribution in [2.45, 2.75) is 30.3 Å². The molecule has 10 heteroatoms. The van der Waals surface area contributed by atoms with Gasteiger partial charge in [-0.1, -0.05) is 48.5 Å². The van der Waals surface area contributed by atoms with E-state index in [2.05, 4.69) is 26.3 Å². The zero-order valence-corrected chi connectivity index (χ0v) is 20.6. The van der Waals surface area contributed by atoms with E-state index in [4.69, 9.17) is 0 Å². The number of para-hydroxylation sites is 1. The lowest BCUT2D eigenvalue weighted by molar-refractivity contribution is -0.130. The van der Waals surface area contributed by atoms with Crippen molar-refractivity contribution < 1.29 is 19.2 Å². The summed E-state index contributed by atoms with van der Waals surface area (Å²) in [5.41, 5.74) is 2.88. The number of aromatic amines is 1. The number of hydrogen-bond acceptors (Lipinski definition) is 5. The van der Waals surface area contributed by atoms with Crippen LogP contribution in [-0.2, 0) is 32.0 Å². The Kier molecular flexibility index (Phi) is 8.62. The van der Waals surface area contributed by atoms with Crippen LogP contribution in [0.2, 0.25) is 0 Å². The van der Waals surface area contributed by atoms with E-state index < -0.39 is 17.9 Å². The van der Waals surface area contributed by atoms with Gasteiger partial charge < -0.3 is 26.3 Å². The molecule has 5 N–H and O–H groups in total. The molecule has 1 aliphatic rings. The zero-order chi connectivity index (χ0) is 25.3. The molecule has 2 aromatic carbocycles. The Morgan fingerprint density at radius 2 is 1.53 bits per heavy atom. The first-order valence-corrected chi connectivity index (χ1v) is 12.8. The number of nitrogens with one attached hydrogen (secondary N) is 5. The van der Waals surface area contributed by atoms with Crippen molar-refractivity contribution >= 4 is 46.3 Å². The van der Waals surface area contributed by atoms with E-state index in [-0.39, 0.29) is 37.7 Å². The van der Waals surface area contributed by atoms with E-state index in [1.807, 2.05) is 54.6 Å². The molecule has 3 aromatic rings. The van der Waals surface area contributed by atoms with Crippen LogP contribution in [0.5, 0.6) is 0 Å². The minimum absolute atomic E-state index is 0.195. The van der Waals surface area contributed by atoms with Gasteiger partial charge in [0.05, 0.1) is 18.1 Å². The molecular weight excluding hydrogens is 478 g/mol. The highest BCUT2D eigenvalue weighted by atomic mass is 32.2. The van der Waals surface area contributed by atoms with Gasteiger partial charge in [-0.25, -0.2) is 0 Å². The molecule has 0 saturated carbocycles. The van der Waals surface area contributed by atoms with Crippen LogP contribution in [0.15, 0.2) is 59.6 Å². The molecule has 0 bridgehead atoms. The SMILES string of the molecule is O=C1CCc2c([nH]c3ccccc23)SCCNC(=O)CNC(=O)C(Cc2ccccc2)NC(=O)CN1. The van der Waals surface area contributed by atoms with Gasteiger partial charge in [-0.2, -0.15) is 0 Å². The maximum absolute atomic E-state index is 12.8. The van der Waals surface area contributed by atoms with Crippen LogP contribution in [0, 0.1) is 0 Å². The number of aromatic nitrogens is 1. The summed E-state index contributed by atoms with van der Waals surface area (Å²) < 4.78 is 0. The fourth-order valence-electron chi connectivity index (χ4n) is 4.05. The molecule has 1 atom stereocenters. The number of hydrogen-bond donors (Lipinski definition) is 5. The monoisotopic (exact) mass is 507 g/mol. The number of amides is 4. The van der Waals surface area contributed by atoms with Crippen LogP contribution >= 0.6 is 11.8 Å². The van der Waals surface area contributed by atoms with Gasteiger partial charge in [-0.05, 0) is 23.6 Å². The molecule has 1 aromatic heterocycles. The summed E-state index contributed by atoms with van der Waals surface area (Å²) in [5.74, 6) is -0.874. The van der Waals surface area contributed by atoms with E-state index in [1.54, 1.807) is 11.8 Å². The lowest BCUT2D eigenvalue weighted by Crippen LogP contribution is -2.52. The number of benzene rings is 2. The average molecular weight is 508 g/mol. The van der Waals surface area contributed by atoms with E-state index in [9.17, 15) is 19.2 Å². The number of rotatable bonds is 2. The molecule has 1 unspecified atom stereocenters. The van der Waals surface area contributed by atoms with Gasteiger partial charge in [0.25, 0.3) is 0 Å². The Morgan fingerprint density at radius 1 is 0.778 bits per heavy atom. The van der Waals surface area contributed by atoms with Gasteiger partial charge in [0.2, 0.25) is 23.6 Å². The normalized spacial score (nSPS) is 18.7. The minimum Gasteiger partial charge on any atom is -0.354 e. The van der Waals surface area contributed by atoms with Crippen molar-refractivity contribution in [1.29, 1.82) is 0 Å². The molecule has 188 valence electrons. The maximum Gasteiger partial charge on any atom is 0.243 e. The van der Waals surface area contributed by atoms with Gasteiger partial charge >= 0.3 is 0 Å². The van der Waals surface area contributed by atoms with Crippen molar-refractivity contribution in [1.82, 2.24) is 26.3 Å². The van der Waals surface area contributed by atoms with Crippen LogP contribution in [0.1, 0.15) is 17.5 Å². The molecular formula is C26H29N5O4S. The van der Waals surface area contributed by atoms with E-state index in [0.717, 1.165) is 27.1 Å². The molecule has 4 rings (SSSR count). The predicted octanol–water partition coefficient (Wildman–Crippen LogP) is 1.28. The summed E-state index contributed by atoms with van der Waals surface area (Å²) in [6.45, 7) is -0.0226. The largest absolute Gasteiger partial charge is 0.354 e. The molecule has 0 radical (unpaired) electrons. The Labute approximate surface area is 213 Å². The summed E-state index contributed by atoms with van der Waals surface area (Å²) in [5, 5.41) is 12.8. The predicted molar refractivity (Wildman–Crippen MR) is 138 cm³/mol. The number of thioether (sulfide) groups is 1. The standard InChI is InChI=1S/C26H29N5O4S/c32-22-11-10-19-18-8-4-5-9-20(18)31-26(19)36-13-12-27-23(33)15-29-25(35)21(30-24(34)16-28-22)14-17-6-2-1-3-7-17/h1-9,21,31H,10-16H2,(H,27,33)(H,28,32)(H,29,35)(H,30,34). The minimum atomic E-state index is -0.882. The average Bonchev–Trinajstić information content (AvgIpc) is 3.24. The van der Waals surface area contributed by atoms with Crippen molar-refractivity contribution in [3.05, 3.63) is 65.7 Å². The molecule has 2 heterocycles. The summed E-state index contributed by atoms with van der Waals surface area (Å²) in [4.78, 5) is 53.6. The van der Waals surface area contributed by atoms with Gasteiger partial charge in [-0.15, -0.1) is 11.8 Å². The van der Waals surface area contributed by atoms with E-state index in [0.29, 0.717) is 18.7 Å². The number of carbonyl (C=O) groups excluding carboxylic acids is 4. The Hall–Kier alpha value is -3.79. The number of carbonyl (C=O) groups is 4. The maximum atomic E-state index is 12.8. The molecule has 4 amide bonds. The molecule has 9 nitrogen and oxygen atoms in total. The Bertz CT molecular complexity index is 1240. The molecule has 1 aliphatic heterocycles. The second-order valence-corrected chi connectivity index (χ2v) is 9.59.